The first kappa shape index (κ1) is 14.2. The van der Waals surface area contributed by atoms with Gasteiger partial charge in [0.2, 0.25) is 0 Å². The molecule has 0 aromatic heterocycles. The van der Waals surface area contributed by atoms with E-state index in [9.17, 15) is 14.5 Å². The normalized spacial score (nSPS) is 23.1. The van der Waals surface area contributed by atoms with Crippen LogP contribution < -0.4 is 4.74 Å². The van der Waals surface area contributed by atoms with Gasteiger partial charge in [-0.05, 0) is 25.6 Å². The first-order valence-electron chi connectivity index (χ1n) is 6.19. The second-order valence-electron chi connectivity index (χ2n) is 4.77. The molecule has 1 fully saturated rings. The van der Waals surface area contributed by atoms with Crippen LogP contribution in [0.5, 0.6) is 5.75 Å². The molecule has 1 aromatic rings. The van der Waals surface area contributed by atoms with Crippen molar-refractivity contribution >= 4 is 5.69 Å². The van der Waals surface area contributed by atoms with Crippen molar-refractivity contribution in [3.8, 4) is 11.8 Å². The maximum atomic E-state index is 13.9. The molecule has 106 valence electrons. The summed E-state index contributed by atoms with van der Waals surface area (Å²) in [6, 6.07) is 5.73. The molecule has 7 heteroatoms. The van der Waals surface area contributed by atoms with Gasteiger partial charge < -0.3 is 9.64 Å². The van der Waals surface area contributed by atoms with Crippen LogP contribution >= 0.6 is 0 Å². The van der Waals surface area contributed by atoms with Crippen molar-refractivity contribution in [1.82, 2.24) is 4.90 Å². The zero-order valence-corrected chi connectivity index (χ0v) is 11.0. The van der Waals surface area contributed by atoms with Crippen molar-refractivity contribution in [3.63, 3.8) is 0 Å². The largest absolute Gasteiger partial charge is 0.480 e. The molecule has 2 atom stereocenters. The van der Waals surface area contributed by atoms with Crippen LogP contribution in [0.3, 0.4) is 0 Å². The molecule has 0 N–H and O–H groups in total. The van der Waals surface area contributed by atoms with Gasteiger partial charge >= 0.3 is 5.69 Å². The molecule has 0 bridgehead atoms. The highest BCUT2D eigenvalue weighted by Crippen LogP contribution is 2.30. The Bertz CT molecular complexity index is 558. The Hall–Kier alpha value is -2.20. The van der Waals surface area contributed by atoms with Crippen LogP contribution in [0, 0.1) is 21.4 Å². The average Bonchev–Trinajstić information content (AvgIpc) is 2.42. The van der Waals surface area contributed by atoms with Gasteiger partial charge in [-0.25, -0.2) is 4.39 Å². The first-order chi connectivity index (χ1) is 9.51. The zero-order chi connectivity index (χ0) is 14.7. The molecule has 0 radical (unpaired) electrons. The lowest BCUT2D eigenvalue weighted by molar-refractivity contribution is -0.386. The summed E-state index contributed by atoms with van der Waals surface area (Å²) in [7, 11) is 1.81. The summed E-state index contributed by atoms with van der Waals surface area (Å²) < 4.78 is 19.3. The van der Waals surface area contributed by atoms with Crippen molar-refractivity contribution in [2.45, 2.75) is 18.7 Å². The average molecular weight is 279 g/mol. The van der Waals surface area contributed by atoms with Gasteiger partial charge in [0, 0.05) is 19.2 Å². The van der Waals surface area contributed by atoms with Gasteiger partial charge in [-0.2, -0.15) is 5.26 Å². The van der Waals surface area contributed by atoms with E-state index < -0.39 is 17.2 Å². The van der Waals surface area contributed by atoms with Crippen molar-refractivity contribution in [1.29, 1.82) is 5.26 Å². The van der Waals surface area contributed by atoms with Crippen LogP contribution in [-0.2, 0) is 0 Å². The number of hydrogen-bond donors (Lipinski definition) is 0. The molecule has 0 spiro atoms. The molecule has 2 unspecified atom stereocenters. The second kappa shape index (κ2) is 5.84. The van der Waals surface area contributed by atoms with Crippen molar-refractivity contribution < 1.29 is 14.1 Å². The molecule has 0 saturated carbocycles. The summed E-state index contributed by atoms with van der Waals surface area (Å²) in [6.45, 7) is 0.921. The van der Waals surface area contributed by atoms with Crippen LogP contribution in [0.25, 0.3) is 0 Å². The summed E-state index contributed by atoms with van der Waals surface area (Å²) in [6.07, 6.45) is -1.42. The van der Waals surface area contributed by atoms with E-state index in [1.807, 2.05) is 18.0 Å². The Morgan fingerprint density at radius 1 is 1.60 bits per heavy atom. The third-order valence-corrected chi connectivity index (χ3v) is 3.25. The molecule has 1 aliphatic heterocycles. The Balaban J connectivity index is 2.21. The van der Waals surface area contributed by atoms with Gasteiger partial charge in [0.25, 0.3) is 0 Å². The minimum Gasteiger partial charge on any atom is -0.480 e. The Kier molecular flexibility index (Phi) is 4.15. The van der Waals surface area contributed by atoms with Crippen molar-refractivity contribution in [2.24, 2.45) is 0 Å². The molecule has 1 heterocycles. The fourth-order valence-corrected chi connectivity index (χ4v) is 2.16. The van der Waals surface area contributed by atoms with E-state index in [0.717, 1.165) is 6.07 Å². The van der Waals surface area contributed by atoms with E-state index in [2.05, 4.69) is 0 Å². The first-order valence-corrected chi connectivity index (χ1v) is 6.19. The molecular formula is C13H14FN3O3. The third-order valence-electron chi connectivity index (χ3n) is 3.25. The lowest BCUT2D eigenvalue weighted by Gasteiger charge is -2.32. The summed E-state index contributed by atoms with van der Waals surface area (Å²) in [5, 5.41) is 19.7. The van der Waals surface area contributed by atoms with E-state index in [1.54, 1.807) is 0 Å². The van der Waals surface area contributed by atoms with Crippen LogP contribution in [0.2, 0.25) is 0 Å². The molecule has 2 rings (SSSR count). The minimum atomic E-state index is -1.19. The highest BCUT2D eigenvalue weighted by Gasteiger charge is 2.31. The molecule has 20 heavy (non-hydrogen) atoms. The number of alkyl halides is 1. The van der Waals surface area contributed by atoms with E-state index >= 15 is 0 Å². The molecule has 1 saturated heterocycles. The minimum absolute atomic E-state index is 0.00574. The number of piperidine rings is 1. The Labute approximate surface area is 115 Å². The van der Waals surface area contributed by atoms with Gasteiger partial charge in [0.1, 0.15) is 12.3 Å². The maximum absolute atomic E-state index is 13.9. The second-order valence-corrected chi connectivity index (χ2v) is 4.77. The van der Waals surface area contributed by atoms with Gasteiger partial charge in [-0.15, -0.1) is 0 Å². The lowest BCUT2D eigenvalue weighted by Crippen LogP contribution is -2.45. The van der Waals surface area contributed by atoms with Gasteiger partial charge in [-0.1, -0.05) is 0 Å². The van der Waals surface area contributed by atoms with Gasteiger partial charge in [0.15, 0.2) is 5.75 Å². The van der Waals surface area contributed by atoms with Crippen LogP contribution in [0.15, 0.2) is 18.2 Å². The third kappa shape index (κ3) is 3.03. The fraction of sp³-hybridized carbons (Fsp3) is 0.462. The highest BCUT2D eigenvalue weighted by atomic mass is 19.1. The number of ether oxygens (including phenoxy) is 1. The number of hydrogen-bond acceptors (Lipinski definition) is 5. The standard InChI is InChI=1S/C13H14FN3O3/c1-16-5-4-12(10(14)8-16)20-13-3-2-9(7-15)6-11(13)17(18)19/h2-3,6,10,12H,4-5,8H2,1H3. The number of benzene rings is 1. The number of nitriles is 1. The van der Waals surface area contributed by atoms with E-state index in [-0.39, 0.29) is 23.5 Å². The number of likely N-dealkylation sites (tertiary alicyclic amines) is 1. The predicted octanol–water partition coefficient (Wildman–Crippen LogP) is 1.89. The lowest BCUT2D eigenvalue weighted by atomic mass is 10.1. The number of halogens is 1. The summed E-state index contributed by atoms with van der Waals surface area (Å²) in [5.41, 5.74) is -0.139. The summed E-state index contributed by atoms with van der Waals surface area (Å²) in [4.78, 5) is 12.2. The van der Waals surface area contributed by atoms with E-state index in [4.69, 9.17) is 10.00 Å². The van der Waals surface area contributed by atoms with Gasteiger partial charge in [-0.3, -0.25) is 10.1 Å². The quantitative estimate of drug-likeness (QED) is 0.623. The van der Waals surface area contributed by atoms with Crippen molar-refractivity contribution in [3.05, 3.63) is 33.9 Å². The molecule has 0 aliphatic carbocycles. The SMILES string of the molecule is CN1CCC(Oc2ccc(C#N)cc2[N+](=O)[O-])C(F)C1. The van der Waals surface area contributed by atoms with Gasteiger partial charge in [0.05, 0.1) is 16.6 Å². The molecule has 0 amide bonds. The van der Waals surface area contributed by atoms with Crippen LogP contribution in [-0.4, -0.2) is 42.2 Å². The number of rotatable bonds is 3. The molecule has 1 aliphatic rings. The molecule has 1 aromatic carbocycles. The predicted molar refractivity (Wildman–Crippen MR) is 69.2 cm³/mol. The van der Waals surface area contributed by atoms with Crippen molar-refractivity contribution in [2.75, 3.05) is 20.1 Å². The van der Waals surface area contributed by atoms with Crippen LogP contribution in [0.1, 0.15) is 12.0 Å². The number of nitrogens with zero attached hydrogens (tertiary/aromatic N) is 3. The molecular weight excluding hydrogens is 265 g/mol. The summed E-state index contributed by atoms with van der Waals surface area (Å²) >= 11 is 0. The monoisotopic (exact) mass is 279 g/mol. The fourth-order valence-electron chi connectivity index (χ4n) is 2.16. The Morgan fingerprint density at radius 3 is 2.95 bits per heavy atom. The number of nitro groups is 1. The van der Waals surface area contributed by atoms with E-state index in [1.165, 1.54) is 12.1 Å². The topological polar surface area (TPSA) is 79.4 Å². The maximum Gasteiger partial charge on any atom is 0.312 e. The van der Waals surface area contributed by atoms with E-state index in [0.29, 0.717) is 13.0 Å². The zero-order valence-electron chi connectivity index (χ0n) is 11.0. The molecule has 6 nitrogen and oxygen atoms in total. The Morgan fingerprint density at radius 2 is 2.35 bits per heavy atom. The summed E-state index contributed by atoms with van der Waals surface area (Å²) in [5.74, 6) is 0.00574. The van der Waals surface area contributed by atoms with Crippen LogP contribution in [0.4, 0.5) is 10.1 Å². The smallest absolute Gasteiger partial charge is 0.312 e. The highest BCUT2D eigenvalue weighted by molar-refractivity contribution is 5.51. The number of nitro benzene ring substituents is 1.